The van der Waals surface area contributed by atoms with Crippen LogP contribution in [0.25, 0.3) is 0 Å². The van der Waals surface area contributed by atoms with E-state index in [0.29, 0.717) is 5.56 Å². The topological polar surface area (TPSA) is 36.1 Å². The van der Waals surface area contributed by atoms with Gasteiger partial charge in [-0.3, -0.25) is 9.69 Å². The molecule has 1 atom stereocenters. The first-order chi connectivity index (χ1) is 7.89. The minimum absolute atomic E-state index is 0.0000751. The lowest BCUT2D eigenvalue weighted by atomic mass is 10.0. The molecule has 2 rings (SSSR count). The maximum atomic E-state index is 13.2. The standard InChI is InChI=1S/C13H19FN2O/c1-13(2,3)16-6-4-5-11(16)10-7-9(14)8-15-12(10)17/h7-8,11H,4-6H2,1-3H3,(H,15,17). The number of rotatable bonds is 1. The fourth-order valence-electron chi connectivity index (χ4n) is 2.61. The zero-order valence-electron chi connectivity index (χ0n) is 10.6. The number of likely N-dealkylation sites (tertiary alicyclic amines) is 1. The van der Waals surface area contributed by atoms with E-state index in [1.807, 2.05) is 0 Å². The van der Waals surface area contributed by atoms with Gasteiger partial charge in [0.1, 0.15) is 5.82 Å². The van der Waals surface area contributed by atoms with Crippen molar-refractivity contribution in [3.05, 3.63) is 34.0 Å². The van der Waals surface area contributed by atoms with Crippen molar-refractivity contribution in [2.75, 3.05) is 6.54 Å². The summed E-state index contributed by atoms with van der Waals surface area (Å²) in [6.45, 7) is 7.33. The molecule has 0 spiro atoms. The van der Waals surface area contributed by atoms with Gasteiger partial charge in [0.05, 0.1) is 0 Å². The molecule has 0 aliphatic carbocycles. The van der Waals surface area contributed by atoms with E-state index in [-0.39, 0.29) is 23.0 Å². The molecule has 1 saturated heterocycles. The van der Waals surface area contributed by atoms with E-state index in [4.69, 9.17) is 0 Å². The molecule has 1 aliphatic heterocycles. The van der Waals surface area contributed by atoms with Crippen LogP contribution in [0.3, 0.4) is 0 Å². The van der Waals surface area contributed by atoms with Gasteiger partial charge in [0.25, 0.3) is 5.56 Å². The van der Waals surface area contributed by atoms with Crippen molar-refractivity contribution in [1.29, 1.82) is 0 Å². The van der Waals surface area contributed by atoms with Crippen LogP contribution in [0.15, 0.2) is 17.1 Å². The van der Waals surface area contributed by atoms with Crippen LogP contribution in [0.1, 0.15) is 45.2 Å². The van der Waals surface area contributed by atoms with Crippen molar-refractivity contribution in [1.82, 2.24) is 9.88 Å². The van der Waals surface area contributed by atoms with Gasteiger partial charge in [0, 0.05) is 23.3 Å². The molecule has 1 aromatic heterocycles. The molecule has 0 amide bonds. The van der Waals surface area contributed by atoms with Gasteiger partial charge in [0.15, 0.2) is 0 Å². The Bertz CT molecular complexity index is 461. The molecule has 17 heavy (non-hydrogen) atoms. The summed E-state index contributed by atoms with van der Waals surface area (Å²) in [6.07, 6.45) is 3.09. The van der Waals surface area contributed by atoms with Gasteiger partial charge in [0.2, 0.25) is 0 Å². The highest BCUT2D eigenvalue weighted by atomic mass is 19.1. The first kappa shape index (κ1) is 12.3. The average molecular weight is 238 g/mol. The number of hydrogen-bond donors (Lipinski definition) is 1. The van der Waals surface area contributed by atoms with Crippen LogP contribution < -0.4 is 5.56 Å². The summed E-state index contributed by atoms with van der Waals surface area (Å²) in [5.41, 5.74) is 0.380. The summed E-state index contributed by atoms with van der Waals surface area (Å²) in [6, 6.07) is 1.41. The van der Waals surface area contributed by atoms with Gasteiger partial charge < -0.3 is 4.98 Å². The Kier molecular flexibility index (Phi) is 3.08. The van der Waals surface area contributed by atoms with Crippen molar-refractivity contribution in [3.8, 4) is 0 Å². The molecule has 0 aromatic carbocycles. The lowest BCUT2D eigenvalue weighted by Gasteiger charge is -2.36. The zero-order valence-corrected chi connectivity index (χ0v) is 10.6. The molecular weight excluding hydrogens is 219 g/mol. The van der Waals surface area contributed by atoms with Crippen molar-refractivity contribution in [2.24, 2.45) is 0 Å². The Hall–Kier alpha value is -1.16. The van der Waals surface area contributed by atoms with E-state index < -0.39 is 0 Å². The molecule has 1 unspecified atom stereocenters. The Morgan fingerprint density at radius 2 is 2.18 bits per heavy atom. The van der Waals surface area contributed by atoms with Gasteiger partial charge in [-0.1, -0.05) is 0 Å². The average Bonchev–Trinajstić information content (AvgIpc) is 2.69. The van der Waals surface area contributed by atoms with E-state index >= 15 is 0 Å². The second-order valence-electron chi connectivity index (χ2n) is 5.62. The van der Waals surface area contributed by atoms with Crippen LogP contribution in [0.4, 0.5) is 4.39 Å². The van der Waals surface area contributed by atoms with Crippen molar-refractivity contribution >= 4 is 0 Å². The molecular formula is C13H19FN2O. The van der Waals surface area contributed by atoms with Crippen molar-refractivity contribution in [2.45, 2.75) is 45.2 Å². The van der Waals surface area contributed by atoms with Gasteiger partial charge >= 0.3 is 0 Å². The quantitative estimate of drug-likeness (QED) is 0.815. The molecule has 1 fully saturated rings. The molecule has 1 aliphatic rings. The molecule has 1 N–H and O–H groups in total. The smallest absolute Gasteiger partial charge is 0.252 e. The molecule has 0 saturated carbocycles. The normalized spacial score (nSPS) is 22.0. The van der Waals surface area contributed by atoms with Crippen LogP contribution in [0.5, 0.6) is 0 Å². The predicted octanol–water partition coefficient (Wildman–Crippen LogP) is 2.45. The summed E-state index contributed by atoms with van der Waals surface area (Å²) < 4.78 is 13.2. The summed E-state index contributed by atoms with van der Waals surface area (Å²) >= 11 is 0. The second-order valence-corrected chi connectivity index (χ2v) is 5.62. The van der Waals surface area contributed by atoms with Crippen LogP contribution in [0.2, 0.25) is 0 Å². The highest BCUT2D eigenvalue weighted by Gasteiger charge is 2.35. The third kappa shape index (κ3) is 2.41. The zero-order chi connectivity index (χ0) is 12.6. The van der Waals surface area contributed by atoms with E-state index in [1.54, 1.807) is 0 Å². The van der Waals surface area contributed by atoms with E-state index in [9.17, 15) is 9.18 Å². The fourth-order valence-corrected chi connectivity index (χ4v) is 2.61. The Morgan fingerprint density at radius 3 is 2.82 bits per heavy atom. The first-order valence-corrected chi connectivity index (χ1v) is 6.04. The molecule has 0 bridgehead atoms. The lowest BCUT2D eigenvalue weighted by Crippen LogP contribution is -2.42. The molecule has 94 valence electrons. The monoisotopic (exact) mass is 238 g/mol. The number of aromatic nitrogens is 1. The first-order valence-electron chi connectivity index (χ1n) is 6.04. The fraction of sp³-hybridized carbons (Fsp3) is 0.615. The number of pyridine rings is 1. The second kappa shape index (κ2) is 4.26. The Labute approximate surface area is 101 Å². The molecule has 0 radical (unpaired) electrons. The number of H-pyrrole nitrogens is 1. The molecule has 4 heteroatoms. The summed E-state index contributed by atoms with van der Waals surface area (Å²) in [5, 5.41) is 0. The minimum atomic E-state index is -0.375. The molecule has 2 heterocycles. The maximum absolute atomic E-state index is 13.2. The SMILES string of the molecule is CC(C)(C)N1CCCC1c1cc(F)c[nH]c1=O. The molecule has 1 aromatic rings. The van der Waals surface area contributed by atoms with Crippen molar-refractivity contribution in [3.63, 3.8) is 0 Å². The lowest BCUT2D eigenvalue weighted by molar-refractivity contribution is 0.121. The molecule has 3 nitrogen and oxygen atoms in total. The number of nitrogens with one attached hydrogen (secondary N) is 1. The number of halogens is 1. The summed E-state index contributed by atoms with van der Waals surface area (Å²) in [7, 11) is 0. The Balaban J connectivity index is 2.39. The number of aromatic amines is 1. The number of nitrogens with zero attached hydrogens (tertiary/aromatic N) is 1. The van der Waals surface area contributed by atoms with Crippen LogP contribution >= 0.6 is 0 Å². The third-order valence-corrected chi connectivity index (χ3v) is 3.37. The van der Waals surface area contributed by atoms with E-state index in [1.165, 1.54) is 6.07 Å². The Morgan fingerprint density at radius 1 is 1.47 bits per heavy atom. The van der Waals surface area contributed by atoms with Gasteiger partial charge in [-0.25, -0.2) is 4.39 Å². The van der Waals surface area contributed by atoms with Gasteiger partial charge in [-0.15, -0.1) is 0 Å². The van der Waals surface area contributed by atoms with E-state index in [0.717, 1.165) is 25.6 Å². The van der Waals surface area contributed by atoms with Gasteiger partial charge in [-0.2, -0.15) is 0 Å². The summed E-state index contributed by atoms with van der Waals surface area (Å²) in [5.74, 6) is -0.375. The van der Waals surface area contributed by atoms with Crippen LogP contribution in [-0.2, 0) is 0 Å². The number of hydrogen-bond acceptors (Lipinski definition) is 2. The minimum Gasteiger partial charge on any atom is -0.326 e. The van der Waals surface area contributed by atoms with Crippen molar-refractivity contribution < 1.29 is 4.39 Å². The third-order valence-electron chi connectivity index (χ3n) is 3.37. The van der Waals surface area contributed by atoms with Crippen LogP contribution in [0, 0.1) is 5.82 Å². The highest BCUT2D eigenvalue weighted by molar-refractivity contribution is 5.17. The van der Waals surface area contributed by atoms with E-state index in [2.05, 4.69) is 30.7 Å². The summed E-state index contributed by atoms with van der Waals surface area (Å²) in [4.78, 5) is 16.5. The van der Waals surface area contributed by atoms with Crippen LogP contribution in [-0.4, -0.2) is 22.0 Å². The van der Waals surface area contributed by atoms with Gasteiger partial charge in [-0.05, 0) is 46.2 Å². The predicted molar refractivity (Wildman–Crippen MR) is 65.5 cm³/mol. The highest BCUT2D eigenvalue weighted by Crippen LogP contribution is 2.35. The maximum Gasteiger partial charge on any atom is 0.252 e. The largest absolute Gasteiger partial charge is 0.326 e.